The van der Waals surface area contributed by atoms with Crippen LogP contribution in [0.15, 0.2) is 53.3 Å². The van der Waals surface area contributed by atoms with Crippen LogP contribution < -0.4 is 5.32 Å². The van der Waals surface area contributed by atoms with Crippen LogP contribution in [0.1, 0.15) is 6.92 Å². The van der Waals surface area contributed by atoms with E-state index in [0.717, 1.165) is 28.2 Å². The van der Waals surface area contributed by atoms with Crippen LogP contribution in [0.4, 0.5) is 5.82 Å². The highest BCUT2D eigenvalue weighted by molar-refractivity contribution is 9.10. The predicted molar refractivity (Wildman–Crippen MR) is 86.5 cm³/mol. The minimum Gasteiger partial charge on any atom is -0.370 e. The maximum atomic E-state index is 4.60. The molecule has 0 saturated heterocycles. The van der Waals surface area contributed by atoms with Gasteiger partial charge in [0.1, 0.15) is 5.82 Å². The van der Waals surface area contributed by atoms with Crippen LogP contribution in [-0.4, -0.2) is 26.3 Å². The highest BCUT2D eigenvalue weighted by Gasteiger charge is 2.08. The second-order valence-electron chi connectivity index (χ2n) is 4.43. The van der Waals surface area contributed by atoms with Crippen LogP contribution in [0.2, 0.25) is 0 Å². The van der Waals surface area contributed by atoms with Crippen molar-refractivity contribution in [3.05, 3.63) is 53.3 Å². The molecule has 1 aromatic carbocycles. The summed E-state index contributed by atoms with van der Waals surface area (Å²) in [7, 11) is 0. The Labute approximate surface area is 131 Å². The van der Waals surface area contributed by atoms with Gasteiger partial charge in [0, 0.05) is 24.4 Å². The number of nitrogens with zero attached hydrogens (tertiary/aromatic N) is 4. The zero-order valence-electron chi connectivity index (χ0n) is 11.5. The molecule has 6 heteroatoms. The summed E-state index contributed by atoms with van der Waals surface area (Å²) in [6.07, 6.45) is 3.60. The van der Waals surface area contributed by atoms with E-state index in [4.69, 9.17) is 0 Å². The summed E-state index contributed by atoms with van der Waals surface area (Å²) in [4.78, 5) is 9.15. The lowest BCUT2D eigenvalue weighted by molar-refractivity contribution is 0.841. The first-order valence-electron chi connectivity index (χ1n) is 6.65. The molecule has 0 atom stereocenters. The van der Waals surface area contributed by atoms with Crippen molar-refractivity contribution in [1.82, 2.24) is 19.7 Å². The molecule has 0 spiro atoms. The smallest absolute Gasteiger partial charge is 0.163 e. The lowest BCUT2D eigenvalue weighted by Gasteiger charge is -2.09. The van der Waals surface area contributed by atoms with E-state index in [1.807, 2.05) is 49.5 Å². The van der Waals surface area contributed by atoms with Gasteiger partial charge in [0.15, 0.2) is 11.6 Å². The van der Waals surface area contributed by atoms with Gasteiger partial charge < -0.3 is 5.32 Å². The fourth-order valence-corrected chi connectivity index (χ4v) is 2.25. The summed E-state index contributed by atoms with van der Waals surface area (Å²) in [5, 5.41) is 7.50. The molecule has 0 saturated carbocycles. The number of anilines is 1. The van der Waals surface area contributed by atoms with Crippen LogP contribution in [0.25, 0.3) is 17.2 Å². The third kappa shape index (κ3) is 3.11. The first kappa shape index (κ1) is 13.8. The third-order valence-corrected chi connectivity index (χ3v) is 3.30. The Bertz CT molecular complexity index is 739. The summed E-state index contributed by atoms with van der Waals surface area (Å²) >= 11 is 3.40. The molecule has 0 fully saturated rings. The molecule has 2 aromatic heterocycles. The van der Waals surface area contributed by atoms with E-state index in [2.05, 4.69) is 36.3 Å². The molecule has 0 aliphatic carbocycles. The van der Waals surface area contributed by atoms with Gasteiger partial charge in [0.25, 0.3) is 0 Å². The Balaban J connectivity index is 2.10. The fourth-order valence-electron chi connectivity index (χ4n) is 1.97. The molecule has 0 aliphatic heterocycles. The molecule has 2 heterocycles. The SMILES string of the molecule is CCNc1cc(-n2cc(Br)cn2)nc(-c2ccccc2)n1. The largest absolute Gasteiger partial charge is 0.370 e. The van der Waals surface area contributed by atoms with Crippen molar-refractivity contribution < 1.29 is 0 Å². The maximum absolute atomic E-state index is 4.60. The van der Waals surface area contributed by atoms with Crippen molar-refractivity contribution in [3.63, 3.8) is 0 Å². The normalized spacial score (nSPS) is 10.6. The van der Waals surface area contributed by atoms with Gasteiger partial charge in [-0.05, 0) is 22.9 Å². The minimum atomic E-state index is 0.677. The molecule has 0 aliphatic rings. The molecule has 106 valence electrons. The highest BCUT2D eigenvalue weighted by Crippen LogP contribution is 2.20. The van der Waals surface area contributed by atoms with E-state index in [1.54, 1.807) is 10.9 Å². The van der Waals surface area contributed by atoms with Crippen molar-refractivity contribution in [2.75, 3.05) is 11.9 Å². The topological polar surface area (TPSA) is 55.6 Å². The number of hydrogen-bond acceptors (Lipinski definition) is 4. The third-order valence-electron chi connectivity index (χ3n) is 2.89. The summed E-state index contributed by atoms with van der Waals surface area (Å²) in [6.45, 7) is 2.84. The Hall–Kier alpha value is -2.21. The molecular formula is C15H14BrN5. The second kappa shape index (κ2) is 6.05. The molecule has 0 radical (unpaired) electrons. The van der Waals surface area contributed by atoms with Crippen LogP contribution >= 0.6 is 15.9 Å². The maximum Gasteiger partial charge on any atom is 0.163 e. The van der Waals surface area contributed by atoms with Crippen LogP contribution in [0.3, 0.4) is 0 Å². The number of aromatic nitrogens is 4. The Morgan fingerprint density at radius 1 is 1.19 bits per heavy atom. The number of benzene rings is 1. The Morgan fingerprint density at radius 2 is 2.00 bits per heavy atom. The number of nitrogens with one attached hydrogen (secondary N) is 1. The average molecular weight is 344 g/mol. The van der Waals surface area contributed by atoms with E-state index >= 15 is 0 Å². The Morgan fingerprint density at radius 3 is 2.67 bits per heavy atom. The summed E-state index contributed by atoms with van der Waals surface area (Å²) < 4.78 is 2.63. The first-order valence-corrected chi connectivity index (χ1v) is 7.44. The molecular weight excluding hydrogens is 330 g/mol. The fraction of sp³-hybridized carbons (Fsp3) is 0.133. The van der Waals surface area contributed by atoms with Gasteiger partial charge in [0.05, 0.1) is 10.7 Å². The predicted octanol–water partition coefficient (Wildman–Crippen LogP) is 3.52. The Kier molecular flexibility index (Phi) is 3.96. The minimum absolute atomic E-state index is 0.677. The molecule has 0 unspecified atom stereocenters. The van der Waals surface area contributed by atoms with Crippen molar-refractivity contribution in [1.29, 1.82) is 0 Å². The second-order valence-corrected chi connectivity index (χ2v) is 5.35. The van der Waals surface area contributed by atoms with Gasteiger partial charge in [-0.25, -0.2) is 14.6 Å². The lowest BCUT2D eigenvalue weighted by atomic mass is 10.2. The molecule has 1 N–H and O–H groups in total. The van der Waals surface area contributed by atoms with Crippen molar-refractivity contribution in [3.8, 4) is 17.2 Å². The van der Waals surface area contributed by atoms with E-state index < -0.39 is 0 Å². The van der Waals surface area contributed by atoms with Gasteiger partial charge in [-0.15, -0.1) is 0 Å². The molecule has 3 aromatic rings. The first-order chi connectivity index (χ1) is 10.3. The lowest BCUT2D eigenvalue weighted by Crippen LogP contribution is -2.06. The van der Waals surface area contributed by atoms with E-state index in [0.29, 0.717) is 5.82 Å². The van der Waals surface area contributed by atoms with Gasteiger partial charge >= 0.3 is 0 Å². The summed E-state index contributed by atoms with van der Waals surface area (Å²) in [5.41, 5.74) is 0.977. The van der Waals surface area contributed by atoms with Crippen molar-refractivity contribution in [2.24, 2.45) is 0 Å². The van der Waals surface area contributed by atoms with E-state index in [9.17, 15) is 0 Å². The van der Waals surface area contributed by atoms with Gasteiger partial charge in [0.2, 0.25) is 0 Å². The number of hydrogen-bond donors (Lipinski definition) is 1. The molecule has 0 amide bonds. The monoisotopic (exact) mass is 343 g/mol. The zero-order chi connectivity index (χ0) is 14.7. The van der Waals surface area contributed by atoms with Crippen LogP contribution in [0, 0.1) is 0 Å². The van der Waals surface area contributed by atoms with Crippen LogP contribution in [0.5, 0.6) is 0 Å². The van der Waals surface area contributed by atoms with Crippen molar-refractivity contribution >= 4 is 21.7 Å². The summed E-state index contributed by atoms with van der Waals surface area (Å²) in [5.74, 6) is 2.19. The quantitative estimate of drug-likeness (QED) is 0.787. The molecule has 21 heavy (non-hydrogen) atoms. The molecule has 0 bridgehead atoms. The van der Waals surface area contributed by atoms with E-state index in [1.165, 1.54) is 0 Å². The molecule has 5 nitrogen and oxygen atoms in total. The van der Waals surface area contributed by atoms with Crippen LogP contribution in [-0.2, 0) is 0 Å². The molecule has 3 rings (SSSR count). The average Bonchev–Trinajstić information content (AvgIpc) is 2.95. The van der Waals surface area contributed by atoms with Gasteiger partial charge in [-0.2, -0.15) is 5.10 Å². The van der Waals surface area contributed by atoms with E-state index in [-0.39, 0.29) is 0 Å². The highest BCUT2D eigenvalue weighted by atomic mass is 79.9. The van der Waals surface area contributed by atoms with Crippen molar-refractivity contribution in [2.45, 2.75) is 6.92 Å². The zero-order valence-corrected chi connectivity index (χ0v) is 13.1. The summed E-state index contributed by atoms with van der Waals surface area (Å²) in [6, 6.07) is 11.8. The standard InChI is InChI=1S/C15H14BrN5/c1-2-17-13-8-14(21-10-12(16)9-18-21)20-15(19-13)11-6-4-3-5-7-11/h3-10H,2H2,1H3,(H,17,19,20). The number of halogens is 1. The van der Waals surface area contributed by atoms with Gasteiger partial charge in [-0.3, -0.25) is 0 Å². The van der Waals surface area contributed by atoms with Gasteiger partial charge in [-0.1, -0.05) is 30.3 Å². The number of rotatable bonds is 4.